The molecule has 1 aliphatic heterocycles. The number of hydrogen-bond acceptors (Lipinski definition) is 6. The lowest BCUT2D eigenvalue weighted by Crippen LogP contribution is -2.32. The first kappa shape index (κ1) is 29.5. The number of alkyl carbamates (subject to hydrolysis) is 1. The monoisotopic (exact) mass is 575 g/mol. The number of halogens is 3. The molecular formula is C29H32F3N3O4S. The molecule has 214 valence electrons. The van der Waals surface area contributed by atoms with Crippen molar-refractivity contribution in [3.05, 3.63) is 75.2 Å². The summed E-state index contributed by atoms with van der Waals surface area (Å²) in [5, 5.41) is 6.45. The van der Waals surface area contributed by atoms with Gasteiger partial charge in [-0.25, -0.2) is 9.78 Å². The van der Waals surface area contributed by atoms with Gasteiger partial charge in [0.15, 0.2) is 0 Å². The predicted molar refractivity (Wildman–Crippen MR) is 146 cm³/mol. The molecule has 1 fully saturated rings. The number of hydrogen-bond donors (Lipinski definition) is 2. The summed E-state index contributed by atoms with van der Waals surface area (Å²) in [4.78, 5) is 29.8. The zero-order chi connectivity index (χ0) is 29.1. The first-order chi connectivity index (χ1) is 18.8. The quantitative estimate of drug-likeness (QED) is 0.322. The first-order valence-corrected chi connectivity index (χ1v) is 13.7. The number of ether oxygens (including phenoxy) is 2. The lowest BCUT2D eigenvalue weighted by atomic mass is 9.95. The molecule has 40 heavy (non-hydrogen) atoms. The van der Waals surface area contributed by atoms with E-state index in [9.17, 15) is 22.8 Å². The van der Waals surface area contributed by atoms with Gasteiger partial charge in [-0.3, -0.25) is 4.79 Å². The van der Waals surface area contributed by atoms with E-state index >= 15 is 0 Å². The van der Waals surface area contributed by atoms with Crippen LogP contribution in [0.25, 0.3) is 11.1 Å². The SMILES string of the molecule is C[C@@H](NC(=O)c1cnc(C2CCOC2)s1)c1ccc(-c2cc(C(F)(F)F)ccc2CNC(=O)OC(C)(C)C)cc1. The third-order valence-electron chi connectivity index (χ3n) is 6.35. The molecule has 2 N–H and O–H groups in total. The Morgan fingerprint density at radius 2 is 1.88 bits per heavy atom. The average molecular weight is 576 g/mol. The molecule has 0 bridgehead atoms. The smallest absolute Gasteiger partial charge is 0.416 e. The second kappa shape index (κ2) is 12.0. The maximum absolute atomic E-state index is 13.5. The van der Waals surface area contributed by atoms with Crippen molar-refractivity contribution in [3.8, 4) is 11.1 Å². The molecule has 1 aliphatic rings. The Morgan fingerprint density at radius 3 is 2.50 bits per heavy atom. The Balaban J connectivity index is 1.48. The van der Waals surface area contributed by atoms with Gasteiger partial charge in [0.2, 0.25) is 0 Å². The van der Waals surface area contributed by atoms with Crippen molar-refractivity contribution in [2.45, 2.75) is 64.4 Å². The van der Waals surface area contributed by atoms with Crippen LogP contribution in [-0.4, -0.2) is 35.8 Å². The molecule has 4 rings (SSSR count). The molecule has 3 aromatic rings. The molecule has 1 aromatic heterocycles. The number of amides is 2. The number of nitrogens with zero attached hydrogens (tertiary/aromatic N) is 1. The fourth-order valence-corrected chi connectivity index (χ4v) is 5.21. The van der Waals surface area contributed by atoms with E-state index in [2.05, 4.69) is 15.6 Å². The van der Waals surface area contributed by atoms with Gasteiger partial charge in [0.05, 0.1) is 29.4 Å². The minimum absolute atomic E-state index is 0.0135. The van der Waals surface area contributed by atoms with Gasteiger partial charge >= 0.3 is 12.3 Å². The zero-order valence-corrected chi connectivity index (χ0v) is 23.5. The minimum atomic E-state index is -4.52. The van der Waals surface area contributed by atoms with Crippen molar-refractivity contribution < 1.29 is 32.2 Å². The van der Waals surface area contributed by atoms with Crippen LogP contribution in [-0.2, 0) is 22.2 Å². The van der Waals surface area contributed by atoms with Crippen LogP contribution in [0.15, 0.2) is 48.7 Å². The molecule has 11 heteroatoms. The molecule has 2 aromatic carbocycles. The highest BCUT2D eigenvalue weighted by Crippen LogP contribution is 2.35. The molecule has 0 spiro atoms. The minimum Gasteiger partial charge on any atom is -0.444 e. The summed E-state index contributed by atoms with van der Waals surface area (Å²) < 4.78 is 51.1. The molecule has 0 aliphatic carbocycles. The number of carbonyl (C=O) groups is 2. The third-order valence-corrected chi connectivity index (χ3v) is 7.51. The maximum atomic E-state index is 13.5. The number of alkyl halides is 3. The van der Waals surface area contributed by atoms with Crippen LogP contribution >= 0.6 is 11.3 Å². The standard InChI is InChI=1S/C29H32F3N3O4S/c1-17(35-25(36)24-15-33-26(40-24)21-11-12-38-16-21)18-5-7-19(8-6-18)23-13-22(29(30,31)32)10-9-20(23)14-34-27(37)39-28(2,3)4/h5-10,13,15,17,21H,11-12,14,16H2,1-4H3,(H,34,37)(H,35,36)/t17-,21?/m1/s1. The van der Waals surface area contributed by atoms with Crippen LogP contribution in [0.5, 0.6) is 0 Å². The van der Waals surface area contributed by atoms with E-state index in [-0.39, 0.29) is 24.4 Å². The van der Waals surface area contributed by atoms with Gasteiger partial charge < -0.3 is 20.1 Å². The van der Waals surface area contributed by atoms with Crippen molar-refractivity contribution in [3.63, 3.8) is 0 Å². The molecule has 7 nitrogen and oxygen atoms in total. The van der Waals surface area contributed by atoms with Crippen LogP contribution in [0.3, 0.4) is 0 Å². The highest BCUT2D eigenvalue weighted by Gasteiger charge is 2.31. The summed E-state index contributed by atoms with van der Waals surface area (Å²) in [6.07, 6.45) is -2.72. The number of carbonyl (C=O) groups excluding carboxylic acids is 2. The van der Waals surface area contributed by atoms with E-state index in [0.717, 1.165) is 29.1 Å². The Bertz CT molecular complexity index is 1340. The Hall–Kier alpha value is -3.44. The van der Waals surface area contributed by atoms with Crippen LogP contribution in [0.1, 0.15) is 77.4 Å². The fourth-order valence-electron chi connectivity index (χ4n) is 4.27. The third kappa shape index (κ3) is 7.60. The highest BCUT2D eigenvalue weighted by molar-refractivity contribution is 7.13. The largest absolute Gasteiger partial charge is 0.444 e. The van der Waals surface area contributed by atoms with Crippen LogP contribution in [0.2, 0.25) is 0 Å². The van der Waals surface area contributed by atoms with Crippen molar-refractivity contribution >= 4 is 23.3 Å². The number of nitrogens with one attached hydrogen (secondary N) is 2. The predicted octanol–water partition coefficient (Wildman–Crippen LogP) is 6.85. The van der Waals surface area contributed by atoms with E-state index < -0.39 is 23.4 Å². The summed E-state index contributed by atoms with van der Waals surface area (Å²) >= 11 is 1.36. The summed E-state index contributed by atoms with van der Waals surface area (Å²) in [5.74, 6) is -0.0239. The topological polar surface area (TPSA) is 89.5 Å². The summed E-state index contributed by atoms with van der Waals surface area (Å²) in [5.41, 5.74) is 0.666. The highest BCUT2D eigenvalue weighted by atomic mass is 32.1. The molecular weight excluding hydrogens is 543 g/mol. The van der Waals surface area contributed by atoms with Gasteiger partial charge in [0.25, 0.3) is 5.91 Å². The maximum Gasteiger partial charge on any atom is 0.416 e. The van der Waals surface area contributed by atoms with Gasteiger partial charge in [-0.2, -0.15) is 13.2 Å². The van der Waals surface area contributed by atoms with Gasteiger partial charge in [0.1, 0.15) is 10.5 Å². The molecule has 2 amide bonds. The van der Waals surface area contributed by atoms with Crippen LogP contribution in [0, 0.1) is 0 Å². The number of rotatable bonds is 7. The van der Waals surface area contributed by atoms with Crippen molar-refractivity contribution in [2.75, 3.05) is 13.2 Å². The number of aromatic nitrogens is 1. The lowest BCUT2D eigenvalue weighted by molar-refractivity contribution is -0.137. The Labute approximate surface area is 235 Å². The van der Waals surface area contributed by atoms with Crippen molar-refractivity contribution in [1.29, 1.82) is 0 Å². The molecule has 0 saturated carbocycles. The Morgan fingerprint density at radius 1 is 1.15 bits per heavy atom. The summed E-state index contributed by atoms with van der Waals surface area (Å²) in [6, 6.07) is 10.0. The van der Waals surface area contributed by atoms with Crippen molar-refractivity contribution in [2.24, 2.45) is 0 Å². The van der Waals surface area contributed by atoms with Gasteiger partial charge in [-0.1, -0.05) is 30.3 Å². The van der Waals surface area contributed by atoms with E-state index in [1.54, 1.807) is 51.2 Å². The van der Waals surface area contributed by atoms with E-state index in [0.29, 0.717) is 34.8 Å². The number of benzene rings is 2. The molecule has 2 heterocycles. The molecule has 2 atom stereocenters. The summed E-state index contributed by atoms with van der Waals surface area (Å²) in [6.45, 7) is 8.30. The Kier molecular flexibility index (Phi) is 8.84. The van der Waals surface area contributed by atoms with Crippen molar-refractivity contribution in [1.82, 2.24) is 15.6 Å². The van der Waals surface area contributed by atoms with E-state index in [4.69, 9.17) is 9.47 Å². The molecule has 1 saturated heterocycles. The van der Waals surface area contributed by atoms with Gasteiger partial charge in [0, 0.05) is 19.1 Å². The van der Waals surface area contributed by atoms with E-state index in [1.807, 2.05) is 6.92 Å². The first-order valence-electron chi connectivity index (χ1n) is 12.9. The second-order valence-corrected chi connectivity index (χ2v) is 11.7. The van der Waals surface area contributed by atoms with Gasteiger partial charge in [-0.15, -0.1) is 11.3 Å². The van der Waals surface area contributed by atoms with Crippen LogP contribution < -0.4 is 10.6 Å². The normalized spacial score (nSPS) is 16.4. The summed E-state index contributed by atoms with van der Waals surface area (Å²) in [7, 11) is 0. The average Bonchev–Trinajstić information content (AvgIpc) is 3.58. The second-order valence-electron chi connectivity index (χ2n) is 10.7. The zero-order valence-electron chi connectivity index (χ0n) is 22.7. The van der Waals surface area contributed by atoms with E-state index in [1.165, 1.54) is 17.4 Å². The number of thiazole rings is 1. The van der Waals surface area contributed by atoms with Gasteiger partial charge in [-0.05, 0) is 68.5 Å². The molecule has 1 unspecified atom stereocenters. The lowest BCUT2D eigenvalue weighted by Gasteiger charge is -2.20. The van der Waals surface area contributed by atoms with Crippen LogP contribution in [0.4, 0.5) is 18.0 Å². The fraction of sp³-hybridized carbons (Fsp3) is 0.414. The molecule has 0 radical (unpaired) electrons.